The van der Waals surface area contributed by atoms with Gasteiger partial charge >= 0.3 is 0 Å². The van der Waals surface area contributed by atoms with Crippen LogP contribution < -0.4 is 4.90 Å². The molecule has 0 unspecified atom stereocenters. The number of benzene rings is 2. The summed E-state index contributed by atoms with van der Waals surface area (Å²) in [6.45, 7) is 4.84. The Morgan fingerprint density at radius 3 is 2.15 bits per heavy atom. The van der Waals surface area contributed by atoms with Crippen molar-refractivity contribution in [2.45, 2.75) is 36.5 Å². The molecule has 11 heteroatoms. The van der Waals surface area contributed by atoms with E-state index >= 15 is 0 Å². The fourth-order valence-electron chi connectivity index (χ4n) is 3.83. The van der Waals surface area contributed by atoms with Crippen LogP contribution in [0.4, 0.5) is 5.69 Å². The Hall–Kier alpha value is -2.31. The Morgan fingerprint density at radius 2 is 1.58 bits per heavy atom. The fourth-order valence-corrected chi connectivity index (χ4v) is 6.31. The normalized spacial score (nSPS) is 14.5. The van der Waals surface area contributed by atoms with Gasteiger partial charge < -0.3 is 4.90 Å². The van der Waals surface area contributed by atoms with Crippen LogP contribution in [0.3, 0.4) is 0 Å². The maximum atomic E-state index is 13.2. The first-order valence-electron chi connectivity index (χ1n) is 10.7. The zero-order valence-electron chi connectivity index (χ0n) is 19.2. The molecule has 1 aliphatic heterocycles. The number of carbonyl (C=O) groups is 1. The van der Waals surface area contributed by atoms with Gasteiger partial charge in [-0.25, -0.2) is 16.8 Å². The standard InChI is InChI=1S/C22H29N3O6S2/c1-5-24(6-2)33(29,30)20-13-14-21-18(16-20)8-7-15-25(21)22(26)17-9-11-19(12-10-17)32(27,28)23(3)31-4/h9-14,16H,5-8,15H2,1-4H3. The Labute approximate surface area is 195 Å². The van der Waals surface area contributed by atoms with Gasteiger partial charge in [0.25, 0.3) is 15.9 Å². The second-order valence-corrected chi connectivity index (χ2v) is 11.4. The largest absolute Gasteiger partial charge is 0.308 e. The zero-order chi connectivity index (χ0) is 24.4. The first-order chi connectivity index (χ1) is 15.6. The van der Waals surface area contributed by atoms with Crippen LogP contribution in [0.15, 0.2) is 52.3 Å². The lowest BCUT2D eigenvalue weighted by atomic mass is 10.0. The average Bonchev–Trinajstić information content (AvgIpc) is 2.82. The number of anilines is 1. The summed E-state index contributed by atoms with van der Waals surface area (Å²) in [7, 11) is -4.87. The van der Waals surface area contributed by atoms with Crippen LogP contribution in [0.5, 0.6) is 0 Å². The molecule has 1 aliphatic rings. The van der Waals surface area contributed by atoms with E-state index in [-0.39, 0.29) is 15.7 Å². The van der Waals surface area contributed by atoms with E-state index in [1.807, 2.05) is 0 Å². The summed E-state index contributed by atoms with van der Waals surface area (Å²) in [5, 5.41) is 0. The molecule has 0 fully saturated rings. The highest BCUT2D eigenvalue weighted by molar-refractivity contribution is 7.89. The number of amides is 1. The molecule has 0 radical (unpaired) electrons. The van der Waals surface area contributed by atoms with Crippen molar-refractivity contribution in [3.8, 4) is 0 Å². The number of fused-ring (bicyclic) bond motifs is 1. The zero-order valence-corrected chi connectivity index (χ0v) is 20.8. The lowest BCUT2D eigenvalue weighted by Gasteiger charge is -2.30. The SMILES string of the molecule is CCN(CC)S(=O)(=O)c1ccc2c(c1)CCCN2C(=O)c1ccc(S(=O)(=O)N(C)OC)cc1. The molecule has 1 heterocycles. The number of rotatable bonds is 8. The summed E-state index contributed by atoms with van der Waals surface area (Å²) in [6, 6.07) is 10.5. The van der Waals surface area contributed by atoms with E-state index in [9.17, 15) is 21.6 Å². The van der Waals surface area contributed by atoms with Gasteiger partial charge in [-0.15, -0.1) is 0 Å². The van der Waals surface area contributed by atoms with Gasteiger partial charge in [0.2, 0.25) is 10.0 Å². The monoisotopic (exact) mass is 495 g/mol. The first kappa shape index (κ1) is 25.3. The van der Waals surface area contributed by atoms with Gasteiger partial charge in [-0.2, -0.15) is 4.31 Å². The highest BCUT2D eigenvalue weighted by Crippen LogP contribution is 2.31. The number of nitrogens with zero attached hydrogens (tertiary/aromatic N) is 3. The van der Waals surface area contributed by atoms with Gasteiger partial charge in [0.15, 0.2) is 0 Å². The average molecular weight is 496 g/mol. The Balaban J connectivity index is 1.90. The third kappa shape index (κ3) is 4.82. The van der Waals surface area contributed by atoms with E-state index in [0.717, 1.165) is 10.0 Å². The molecule has 2 aromatic rings. The van der Waals surface area contributed by atoms with Crippen molar-refractivity contribution >= 4 is 31.6 Å². The molecular formula is C22H29N3O6S2. The van der Waals surface area contributed by atoms with Crippen LogP contribution in [0.1, 0.15) is 36.2 Å². The van der Waals surface area contributed by atoms with E-state index in [4.69, 9.17) is 4.84 Å². The van der Waals surface area contributed by atoms with Gasteiger partial charge in [-0.05, 0) is 60.9 Å². The Bertz CT molecular complexity index is 1220. The number of aryl methyl sites for hydroxylation is 1. The van der Waals surface area contributed by atoms with Crippen molar-refractivity contribution in [3.63, 3.8) is 0 Å². The Kier molecular flexibility index (Phi) is 7.59. The van der Waals surface area contributed by atoms with E-state index in [1.165, 1.54) is 48.8 Å². The molecule has 0 saturated heterocycles. The molecule has 0 saturated carbocycles. The minimum absolute atomic E-state index is 0.00805. The van der Waals surface area contributed by atoms with Crippen LogP contribution >= 0.6 is 0 Å². The third-order valence-electron chi connectivity index (χ3n) is 5.75. The molecule has 0 bridgehead atoms. The van der Waals surface area contributed by atoms with Crippen LogP contribution in [-0.4, -0.2) is 65.3 Å². The molecule has 9 nitrogen and oxygen atoms in total. The quantitative estimate of drug-likeness (QED) is 0.521. The van der Waals surface area contributed by atoms with Crippen molar-refractivity contribution in [1.82, 2.24) is 8.77 Å². The number of hydrogen-bond donors (Lipinski definition) is 0. The van der Waals surface area contributed by atoms with Gasteiger partial charge in [0, 0.05) is 37.9 Å². The van der Waals surface area contributed by atoms with E-state index < -0.39 is 20.0 Å². The maximum absolute atomic E-state index is 13.2. The minimum atomic E-state index is -3.81. The van der Waals surface area contributed by atoms with Gasteiger partial charge in [-0.1, -0.05) is 18.3 Å². The van der Waals surface area contributed by atoms with Crippen molar-refractivity contribution < 1.29 is 26.5 Å². The number of hydroxylamine groups is 1. The maximum Gasteiger partial charge on any atom is 0.264 e. The van der Waals surface area contributed by atoms with E-state index in [1.54, 1.807) is 30.9 Å². The fraction of sp³-hybridized carbons (Fsp3) is 0.409. The van der Waals surface area contributed by atoms with Crippen molar-refractivity contribution in [2.24, 2.45) is 0 Å². The molecule has 33 heavy (non-hydrogen) atoms. The van der Waals surface area contributed by atoms with Crippen LogP contribution in [0.2, 0.25) is 0 Å². The van der Waals surface area contributed by atoms with Crippen LogP contribution in [0, 0.1) is 0 Å². The third-order valence-corrected chi connectivity index (χ3v) is 9.49. The lowest BCUT2D eigenvalue weighted by molar-refractivity contribution is -0.0258. The highest BCUT2D eigenvalue weighted by atomic mass is 32.2. The summed E-state index contributed by atoms with van der Waals surface area (Å²) in [5.41, 5.74) is 1.80. The molecule has 3 rings (SSSR count). The van der Waals surface area contributed by atoms with E-state index in [0.29, 0.717) is 43.7 Å². The summed E-state index contributed by atoms with van der Waals surface area (Å²) in [5.74, 6) is -0.278. The predicted octanol–water partition coefficient (Wildman–Crippen LogP) is 2.49. The van der Waals surface area contributed by atoms with Crippen LogP contribution in [-0.2, 0) is 31.3 Å². The predicted molar refractivity (Wildman–Crippen MR) is 125 cm³/mol. The minimum Gasteiger partial charge on any atom is -0.308 e. The van der Waals surface area contributed by atoms with Gasteiger partial charge in [-0.3, -0.25) is 9.63 Å². The Morgan fingerprint density at radius 1 is 0.970 bits per heavy atom. The van der Waals surface area contributed by atoms with Gasteiger partial charge in [0.1, 0.15) is 0 Å². The van der Waals surface area contributed by atoms with Crippen molar-refractivity contribution in [3.05, 3.63) is 53.6 Å². The summed E-state index contributed by atoms with van der Waals surface area (Å²) in [4.78, 5) is 19.8. The molecule has 0 N–H and O–H groups in total. The van der Waals surface area contributed by atoms with Crippen molar-refractivity contribution in [2.75, 3.05) is 38.7 Å². The number of sulfonamides is 2. The number of hydrogen-bond acceptors (Lipinski definition) is 6. The van der Waals surface area contributed by atoms with Crippen LogP contribution in [0.25, 0.3) is 0 Å². The van der Waals surface area contributed by atoms with Crippen molar-refractivity contribution in [1.29, 1.82) is 0 Å². The molecule has 0 aliphatic carbocycles. The molecule has 0 aromatic heterocycles. The second-order valence-electron chi connectivity index (χ2n) is 7.56. The van der Waals surface area contributed by atoms with E-state index in [2.05, 4.69) is 0 Å². The molecular weight excluding hydrogens is 466 g/mol. The molecule has 1 amide bonds. The summed E-state index contributed by atoms with van der Waals surface area (Å²) >= 11 is 0. The molecule has 2 aromatic carbocycles. The molecule has 0 spiro atoms. The summed E-state index contributed by atoms with van der Waals surface area (Å²) in [6.07, 6.45) is 1.36. The number of carbonyl (C=O) groups excluding carboxylic acids is 1. The second kappa shape index (κ2) is 9.90. The molecule has 180 valence electrons. The van der Waals surface area contributed by atoms with Gasteiger partial charge in [0.05, 0.1) is 16.9 Å². The summed E-state index contributed by atoms with van der Waals surface area (Å²) < 4.78 is 52.6. The first-order valence-corrected chi connectivity index (χ1v) is 13.5. The highest BCUT2D eigenvalue weighted by Gasteiger charge is 2.28. The lowest BCUT2D eigenvalue weighted by Crippen LogP contribution is -2.36. The smallest absolute Gasteiger partial charge is 0.264 e. The topological polar surface area (TPSA) is 104 Å². The molecule has 0 atom stereocenters.